The molecule has 0 saturated carbocycles. The predicted molar refractivity (Wildman–Crippen MR) is 125 cm³/mol. The smallest absolute Gasteiger partial charge is 0.0605 e. The highest BCUT2D eigenvalue weighted by Crippen LogP contribution is 2.53. The Bertz CT molecular complexity index is 1180. The topological polar surface area (TPSA) is 3.24 Å². The van der Waals surface area contributed by atoms with Crippen LogP contribution in [0.25, 0.3) is 0 Å². The van der Waals surface area contributed by atoms with Gasteiger partial charge in [0.05, 0.1) is 11.4 Å². The Morgan fingerprint density at radius 1 is 0.655 bits per heavy atom. The van der Waals surface area contributed by atoms with E-state index >= 15 is 0 Å². The van der Waals surface area contributed by atoms with Crippen LogP contribution in [0, 0.1) is 13.8 Å². The molecule has 0 amide bonds. The molecular weight excluding hydrogens is 390 g/mol. The van der Waals surface area contributed by atoms with Gasteiger partial charge in [0.15, 0.2) is 0 Å². The average Bonchev–Trinajstić information content (AvgIpc) is 2.76. The van der Waals surface area contributed by atoms with Gasteiger partial charge in [0.1, 0.15) is 0 Å². The minimum Gasteiger partial charge on any atom is -0.308 e. The molecule has 1 heterocycles. The fraction of sp³-hybridized carbons (Fsp3) is 0.0769. The van der Waals surface area contributed by atoms with Crippen LogP contribution in [0.2, 0.25) is 0 Å². The van der Waals surface area contributed by atoms with E-state index in [1.54, 1.807) is 0 Å². The van der Waals surface area contributed by atoms with Crippen LogP contribution < -0.4 is 4.90 Å². The van der Waals surface area contributed by atoms with Crippen LogP contribution in [-0.2, 0) is 0 Å². The lowest BCUT2D eigenvalue weighted by molar-refractivity contribution is 1.10. The van der Waals surface area contributed by atoms with Crippen molar-refractivity contribution in [1.82, 2.24) is 0 Å². The molecule has 1 aliphatic rings. The molecule has 4 aromatic carbocycles. The van der Waals surface area contributed by atoms with Crippen LogP contribution in [0.4, 0.5) is 17.1 Å². The highest BCUT2D eigenvalue weighted by Gasteiger charge is 2.26. The van der Waals surface area contributed by atoms with E-state index in [1.807, 2.05) is 23.5 Å². The van der Waals surface area contributed by atoms with Crippen molar-refractivity contribution in [2.24, 2.45) is 0 Å². The zero-order valence-electron chi connectivity index (χ0n) is 16.4. The molecule has 0 atom stereocenters. The van der Waals surface area contributed by atoms with E-state index in [2.05, 4.69) is 110 Å². The Morgan fingerprint density at radius 3 is 2.21 bits per heavy atom. The van der Waals surface area contributed by atoms with Crippen molar-refractivity contribution in [3.05, 3.63) is 102 Å². The number of para-hydroxylation sites is 2. The van der Waals surface area contributed by atoms with Gasteiger partial charge in [-0.15, -0.1) is 0 Å². The SMILES string of the molecule is Cc1ccccc1Sc1ccc2c(c1C)Sc1ccccc1N2c1ccccc1. The van der Waals surface area contributed by atoms with Crippen molar-refractivity contribution in [2.45, 2.75) is 33.4 Å². The highest BCUT2D eigenvalue weighted by atomic mass is 32.2. The number of fused-ring (bicyclic) bond motifs is 2. The van der Waals surface area contributed by atoms with E-state index in [-0.39, 0.29) is 0 Å². The molecule has 0 radical (unpaired) electrons. The Kier molecular flexibility index (Phi) is 4.86. The molecule has 1 nitrogen and oxygen atoms in total. The first-order chi connectivity index (χ1) is 14.2. The third-order valence-corrected chi connectivity index (χ3v) is 7.85. The molecule has 0 saturated heterocycles. The third kappa shape index (κ3) is 3.35. The Morgan fingerprint density at radius 2 is 1.38 bits per heavy atom. The van der Waals surface area contributed by atoms with Crippen molar-refractivity contribution in [1.29, 1.82) is 0 Å². The van der Waals surface area contributed by atoms with E-state index in [0.29, 0.717) is 0 Å². The number of anilines is 3. The second-order valence-corrected chi connectivity index (χ2v) is 9.28. The van der Waals surface area contributed by atoms with E-state index < -0.39 is 0 Å². The van der Waals surface area contributed by atoms with Crippen molar-refractivity contribution in [3.63, 3.8) is 0 Å². The molecule has 1 aliphatic heterocycles. The van der Waals surface area contributed by atoms with Gasteiger partial charge in [-0.3, -0.25) is 0 Å². The Labute approximate surface area is 180 Å². The summed E-state index contributed by atoms with van der Waals surface area (Å²) >= 11 is 3.74. The van der Waals surface area contributed by atoms with Crippen LogP contribution in [0.3, 0.4) is 0 Å². The summed E-state index contributed by atoms with van der Waals surface area (Å²) in [6.45, 7) is 4.43. The lowest BCUT2D eigenvalue weighted by Crippen LogP contribution is -2.15. The molecule has 0 fully saturated rings. The summed E-state index contributed by atoms with van der Waals surface area (Å²) in [5, 5.41) is 0. The van der Waals surface area contributed by atoms with Crippen LogP contribution in [0.1, 0.15) is 11.1 Å². The van der Waals surface area contributed by atoms with E-state index in [1.165, 1.54) is 47.8 Å². The van der Waals surface area contributed by atoms with Crippen LogP contribution in [0.15, 0.2) is 111 Å². The van der Waals surface area contributed by atoms with Crippen molar-refractivity contribution < 1.29 is 0 Å². The zero-order valence-corrected chi connectivity index (χ0v) is 18.1. The maximum atomic E-state index is 2.39. The monoisotopic (exact) mass is 411 g/mol. The van der Waals surface area contributed by atoms with Gasteiger partial charge in [-0.1, -0.05) is 72.1 Å². The number of benzene rings is 4. The van der Waals surface area contributed by atoms with Crippen molar-refractivity contribution >= 4 is 40.6 Å². The molecule has 5 rings (SSSR count). The molecular formula is C26H21NS2. The molecule has 0 bridgehead atoms. The summed E-state index contributed by atoms with van der Waals surface area (Å²) in [6, 6.07) is 32.5. The van der Waals surface area contributed by atoms with Gasteiger partial charge in [0.25, 0.3) is 0 Å². The minimum absolute atomic E-state index is 1.19. The molecule has 0 spiro atoms. The summed E-state index contributed by atoms with van der Waals surface area (Å²) in [4.78, 5) is 7.65. The van der Waals surface area contributed by atoms with Gasteiger partial charge in [-0.05, 0) is 67.4 Å². The highest BCUT2D eigenvalue weighted by molar-refractivity contribution is 8.00. The van der Waals surface area contributed by atoms with Crippen molar-refractivity contribution in [2.75, 3.05) is 4.90 Å². The Hall–Kier alpha value is -2.62. The Balaban J connectivity index is 1.64. The van der Waals surface area contributed by atoms with Gasteiger partial charge < -0.3 is 4.90 Å². The summed E-state index contributed by atoms with van der Waals surface area (Å²) < 4.78 is 0. The molecule has 0 aliphatic carbocycles. The predicted octanol–water partition coefficient (Wildman–Crippen LogP) is 8.39. The second-order valence-electron chi connectivity index (χ2n) is 7.15. The molecule has 3 heteroatoms. The average molecular weight is 412 g/mol. The quantitative estimate of drug-likeness (QED) is 0.293. The first-order valence-corrected chi connectivity index (χ1v) is 11.3. The minimum atomic E-state index is 1.19. The summed E-state index contributed by atoms with van der Waals surface area (Å²) in [5.74, 6) is 0. The van der Waals surface area contributed by atoms with E-state index in [0.717, 1.165) is 0 Å². The molecule has 0 N–H and O–H groups in total. The number of hydrogen-bond acceptors (Lipinski definition) is 3. The van der Waals surface area contributed by atoms with Crippen LogP contribution in [-0.4, -0.2) is 0 Å². The summed E-state index contributed by atoms with van der Waals surface area (Å²) in [7, 11) is 0. The van der Waals surface area contributed by atoms with Crippen LogP contribution >= 0.6 is 23.5 Å². The maximum Gasteiger partial charge on any atom is 0.0605 e. The van der Waals surface area contributed by atoms with Crippen molar-refractivity contribution in [3.8, 4) is 0 Å². The molecule has 29 heavy (non-hydrogen) atoms. The van der Waals surface area contributed by atoms with Gasteiger partial charge in [0, 0.05) is 25.3 Å². The molecule has 4 aromatic rings. The zero-order chi connectivity index (χ0) is 19.8. The third-order valence-electron chi connectivity index (χ3n) is 5.22. The van der Waals surface area contributed by atoms with Crippen LogP contribution in [0.5, 0.6) is 0 Å². The number of rotatable bonds is 3. The summed E-state index contributed by atoms with van der Waals surface area (Å²) in [5.41, 5.74) is 6.36. The fourth-order valence-corrected chi connectivity index (χ4v) is 5.91. The van der Waals surface area contributed by atoms with E-state index in [9.17, 15) is 0 Å². The fourth-order valence-electron chi connectivity index (χ4n) is 3.69. The largest absolute Gasteiger partial charge is 0.308 e. The number of hydrogen-bond donors (Lipinski definition) is 0. The number of nitrogens with zero attached hydrogens (tertiary/aromatic N) is 1. The lowest BCUT2D eigenvalue weighted by Gasteiger charge is -2.34. The van der Waals surface area contributed by atoms with Gasteiger partial charge >= 0.3 is 0 Å². The first kappa shape index (κ1) is 18.4. The molecule has 142 valence electrons. The molecule has 0 unspecified atom stereocenters. The van der Waals surface area contributed by atoms with E-state index in [4.69, 9.17) is 0 Å². The lowest BCUT2D eigenvalue weighted by atomic mass is 10.1. The van der Waals surface area contributed by atoms with Gasteiger partial charge in [-0.25, -0.2) is 0 Å². The van der Waals surface area contributed by atoms with Gasteiger partial charge in [-0.2, -0.15) is 0 Å². The first-order valence-electron chi connectivity index (χ1n) is 9.71. The molecule has 0 aromatic heterocycles. The summed E-state index contributed by atoms with van der Waals surface area (Å²) in [6.07, 6.45) is 0. The maximum absolute atomic E-state index is 2.39. The number of aryl methyl sites for hydroxylation is 1. The standard InChI is InChI=1S/C26H21NS2/c1-18-10-6-8-14-23(18)28-24-17-16-22-26(19(24)2)29-25-15-9-7-13-21(25)27(22)20-11-4-3-5-12-20/h3-17H,1-2H3. The van der Waals surface area contributed by atoms with Gasteiger partial charge in [0.2, 0.25) is 0 Å². The second kappa shape index (κ2) is 7.66. The normalized spacial score (nSPS) is 12.4.